The van der Waals surface area contributed by atoms with Crippen LogP contribution in [0.2, 0.25) is 0 Å². The van der Waals surface area contributed by atoms with Gasteiger partial charge in [-0.1, -0.05) is 36.4 Å². The van der Waals surface area contributed by atoms with Gasteiger partial charge in [0, 0.05) is 79.7 Å². The Morgan fingerprint density at radius 3 is 1.20 bits per heavy atom. The van der Waals surface area contributed by atoms with E-state index in [2.05, 4.69) is 9.97 Å². The van der Waals surface area contributed by atoms with Gasteiger partial charge in [0.15, 0.2) is 0 Å². The van der Waals surface area contributed by atoms with Crippen LogP contribution in [-0.2, 0) is 0 Å². The third-order valence-corrected chi connectivity index (χ3v) is 11.1. The standard InChI is InChI=1S/C49H36N6O6/c56-54(57)32-16-12-30(13-17-32)46-36-20-24-40(50-36)48-34-8-2-4-10-44(34)60-28-6-1-7-29-61-45-11-5-3-9-35(45)49(42-26-22-38(46)52-42)43-27-23-39(53-43)47(37-21-25-41(48)51-37)31-14-18-33(19-15-31)55(58)59/h2-5,8-27,50,53H,1,6-7,28-29H2. The second-order valence-electron chi connectivity index (χ2n) is 14.9. The number of nitro groups is 2. The first-order valence-corrected chi connectivity index (χ1v) is 20.0. The minimum absolute atomic E-state index is 0.0148. The lowest BCUT2D eigenvalue weighted by atomic mass is 10.0. The van der Waals surface area contributed by atoms with Gasteiger partial charge < -0.3 is 19.4 Å². The molecule has 0 saturated heterocycles. The molecule has 0 atom stereocenters. The summed E-state index contributed by atoms with van der Waals surface area (Å²) >= 11 is 0. The summed E-state index contributed by atoms with van der Waals surface area (Å²) in [6.07, 6.45) is 10.4. The summed E-state index contributed by atoms with van der Waals surface area (Å²) in [5.41, 5.74) is 11.9. The number of nitrogens with one attached hydrogen (secondary N) is 2. The van der Waals surface area contributed by atoms with Crippen molar-refractivity contribution in [2.75, 3.05) is 13.2 Å². The predicted molar refractivity (Wildman–Crippen MR) is 239 cm³/mol. The number of hydrogen-bond donors (Lipinski definition) is 2. The van der Waals surface area contributed by atoms with E-state index in [-0.39, 0.29) is 11.4 Å². The van der Waals surface area contributed by atoms with Gasteiger partial charge in [-0.2, -0.15) is 0 Å². The van der Waals surface area contributed by atoms with Crippen LogP contribution in [0.25, 0.3) is 90.9 Å². The van der Waals surface area contributed by atoms with Crippen molar-refractivity contribution in [3.63, 3.8) is 0 Å². The van der Waals surface area contributed by atoms with E-state index < -0.39 is 9.85 Å². The SMILES string of the molecule is O=[N+]([O-])c1ccc(-c2c3nc(c4c5ccc([nH]5)c(-c5ccc([N+](=O)[O-])cc5)c5nc(c(c6ccc2[nH]6)-c2ccccc2OCCCCCOc2ccccc2-4)C=C5)C=C3)cc1. The topological polar surface area (TPSA) is 162 Å². The number of rotatable bonds is 4. The van der Waals surface area contributed by atoms with E-state index in [9.17, 15) is 20.2 Å². The van der Waals surface area contributed by atoms with Gasteiger partial charge in [0.1, 0.15) is 11.5 Å². The molecule has 0 radical (unpaired) electrons. The zero-order valence-electron chi connectivity index (χ0n) is 32.6. The molecule has 7 aromatic rings. The molecule has 11 rings (SSSR count). The summed E-state index contributed by atoms with van der Waals surface area (Å²) in [4.78, 5) is 40.7. The van der Waals surface area contributed by atoms with Crippen molar-refractivity contribution in [3.05, 3.63) is 164 Å². The average molecular weight is 805 g/mol. The van der Waals surface area contributed by atoms with Crippen LogP contribution < -0.4 is 9.47 Å². The summed E-state index contributed by atoms with van der Waals surface area (Å²) in [5.74, 6) is 1.40. The number of nitro benzene ring substituents is 2. The fourth-order valence-corrected chi connectivity index (χ4v) is 8.22. The molecule has 7 heterocycles. The Labute approximate surface area is 348 Å². The highest BCUT2D eigenvalue weighted by atomic mass is 16.6. The fourth-order valence-electron chi connectivity index (χ4n) is 8.22. The molecule has 4 aliphatic rings. The maximum Gasteiger partial charge on any atom is 0.269 e. The molecule has 4 aromatic carbocycles. The van der Waals surface area contributed by atoms with Crippen molar-refractivity contribution in [2.45, 2.75) is 19.3 Å². The lowest BCUT2D eigenvalue weighted by Crippen LogP contribution is -2.03. The van der Waals surface area contributed by atoms with E-state index in [0.717, 1.165) is 85.8 Å². The van der Waals surface area contributed by atoms with Crippen molar-refractivity contribution in [3.8, 4) is 56.0 Å². The maximum absolute atomic E-state index is 11.7. The molecule has 10 bridgehead atoms. The van der Waals surface area contributed by atoms with E-state index >= 15 is 0 Å². The van der Waals surface area contributed by atoms with Gasteiger partial charge in [-0.05, 0) is 115 Å². The van der Waals surface area contributed by atoms with Crippen molar-refractivity contribution in [1.29, 1.82) is 0 Å². The average Bonchev–Trinajstić information content (AvgIpc) is 4.13. The second-order valence-corrected chi connectivity index (χ2v) is 14.9. The Morgan fingerprint density at radius 1 is 0.443 bits per heavy atom. The monoisotopic (exact) mass is 804 g/mol. The van der Waals surface area contributed by atoms with Crippen LogP contribution in [0, 0.1) is 20.2 Å². The Bertz CT molecular complexity index is 2920. The number of benzene rings is 4. The Balaban J connectivity index is 1.39. The summed E-state index contributed by atoms with van der Waals surface area (Å²) in [6, 6.07) is 36.9. The number of H-pyrrole nitrogens is 2. The van der Waals surface area contributed by atoms with Crippen LogP contribution >= 0.6 is 0 Å². The molecule has 4 aliphatic heterocycles. The number of para-hydroxylation sites is 2. The third kappa shape index (κ3) is 6.99. The third-order valence-electron chi connectivity index (χ3n) is 11.1. The minimum Gasteiger partial charge on any atom is -0.493 e. The lowest BCUT2D eigenvalue weighted by molar-refractivity contribution is -0.385. The molecule has 0 amide bonds. The van der Waals surface area contributed by atoms with Crippen molar-refractivity contribution in [2.24, 2.45) is 0 Å². The summed E-state index contributed by atoms with van der Waals surface area (Å²) < 4.78 is 13.1. The van der Waals surface area contributed by atoms with Gasteiger partial charge in [-0.25, -0.2) is 9.97 Å². The lowest BCUT2D eigenvalue weighted by Gasteiger charge is -2.14. The molecular formula is C49H36N6O6. The van der Waals surface area contributed by atoms with Crippen LogP contribution in [0.15, 0.2) is 121 Å². The molecule has 0 saturated carbocycles. The van der Waals surface area contributed by atoms with Crippen LogP contribution in [0.5, 0.6) is 11.5 Å². The molecule has 12 nitrogen and oxygen atoms in total. The molecule has 2 N–H and O–H groups in total. The number of hydrogen-bond acceptors (Lipinski definition) is 8. The quantitative estimate of drug-likeness (QED) is 0.131. The molecule has 3 aromatic heterocycles. The predicted octanol–water partition coefficient (Wildman–Crippen LogP) is 12.1. The number of aromatic amines is 2. The van der Waals surface area contributed by atoms with Gasteiger partial charge >= 0.3 is 0 Å². The number of nitrogens with zero attached hydrogens (tertiary/aromatic N) is 4. The highest BCUT2D eigenvalue weighted by Gasteiger charge is 2.22. The summed E-state index contributed by atoms with van der Waals surface area (Å²) in [6.45, 7) is 1.00. The molecular weight excluding hydrogens is 769 g/mol. The van der Waals surface area contributed by atoms with E-state index in [4.69, 9.17) is 19.4 Å². The number of non-ortho nitro benzene ring substituents is 2. The molecule has 0 aliphatic carbocycles. The van der Waals surface area contributed by atoms with Crippen LogP contribution in [0.3, 0.4) is 0 Å². The van der Waals surface area contributed by atoms with Crippen molar-refractivity contribution in [1.82, 2.24) is 19.9 Å². The normalized spacial score (nSPS) is 13.3. The molecule has 0 fully saturated rings. The van der Waals surface area contributed by atoms with E-state index in [1.165, 1.54) is 24.3 Å². The first kappa shape index (κ1) is 37.2. The fraction of sp³-hybridized carbons (Fsp3) is 0.102. The zero-order valence-corrected chi connectivity index (χ0v) is 32.6. The molecule has 61 heavy (non-hydrogen) atoms. The van der Waals surface area contributed by atoms with Crippen LogP contribution in [0.1, 0.15) is 42.0 Å². The first-order chi connectivity index (χ1) is 29.9. The van der Waals surface area contributed by atoms with Crippen LogP contribution in [-0.4, -0.2) is 43.0 Å². The number of ether oxygens (including phenoxy) is 2. The highest BCUT2D eigenvalue weighted by Crippen LogP contribution is 2.42. The minimum atomic E-state index is -0.407. The number of aromatic nitrogens is 4. The molecule has 0 spiro atoms. The first-order valence-electron chi connectivity index (χ1n) is 20.0. The van der Waals surface area contributed by atoms with E-state index in [0.29, 0.717) is 47.5 Å². The van der Waals surface area contributed by atoms with Crippen molar-refractivity contribution >= 4 is 57.7 Å². The van der Waals surface area contributed by atoms with Crippen LogP contribution in [0.4, 0.5) is 11.4 Å². The van der Waals surface area contributed by atoms with Gasteiger partial charge in [0.05, 0.1) is 45.8 Å². The number of fused-ring (bicyclic) bond motifs is 6. The van der Waals surface area contributed by atoms with E-state index in [1.54, 1.807) is 24.3 Å². The smallest absolute Gasteiger partial charge is 0.269 e. The summed E-state index contributed by atoms with van der Waals surface area (Å²) in [7, 11) is 0. The second kappa shape index (κ2) is 15.6. The molecule has 12 heteroatoms. The maximum atomic E-state index is 11.7. The Morgan fingerprint density at radius 2 is 0.803 bits per heavy atom. The Hall–Kier alpha value is -8.12. The van der Waals surface area contributed by atoms with E-state index in [1.807, 2.05) is 97.1 Å². The zero-order chi connectivity index (χ0) is 41.5. The van der Waals surface area contributed by atoms with Gasteiger partial charge in [0.25, 0.3) is 11.4 Å². The molecule has 0 unspecified atom stereocenters. The Kier molecular flexibility index (Phi) is 9.49. The van der Waals surface area contributed by atoms with Crippen molar-refractivity contribution < 1.29 is 19.3 Å². The van der Waals surface area contributed by atoms with Gasteiger partial charge in [0.2, 0.25) is 0 Å². The highest BCUT2D eigenvalue weighted by molar-refractivity contribution is 6.00. The molecule has 298 valence electrons. The largest absolute Gasteiger partial charge is 0.493 e. The summed E-state index contributed by atoms with van der Waals surface area (Å²) in [5, 5.41) is 23.5. The van der Waals surface area contributed by atoms with Gasteiger partial charge in [-0.15, -0.1) is 0 Å². The van der Waals surface area contributed by atoms with Gasteiger partial charge in [-0.3, -0.25) is 20.2 Å².